The van der Waals surface area contributed by atoms with Crippen molar-refractivity contribution in [2.75, 3.05) is 26.7 Å². The molecule has 0 aliphatic carbocycles. The van der Waals surface area contributed by atoms with E-state index >= 15 is 0 Å². The van der Waals surface area contributed by atoms with Gasteiger partial charge in [-0.25, -0.2) is 0 Å². The highest BCUT2D eigenvalue weighted by atomic mass is 16.5. The second kappa shape index (κ2) is 6.74. The highest BCUT2D eigenvalue weighted by Gasteiger charge is 2.50. The van der Waals surface area contributed by atoms with Gasteiger partial charge in [0.25, 0.3) is 0 Å². The maximum atomic E-state index is 11.8. The Labute approximate surface area is 150 Å². The summed E-state index contributed by atoms with van der Waals surface area (Å²) in [6, 6.07) is 4.05. The molecular weight excluding hydrogens is 318 g/mol. The third-order valence-electron chi connectivity index (χ3n) is 6.12. The first-order valence-electron chi connectivity index (χ1n) is 9.15. The molecule has 2 saturated heterocycles. The zero-order valence-corrected chi connectivity index (χ0v) is 15.9. The number of ether oxygens (including phenoxy) is 1. The van der Waals surface area contributed by atoms with Gasteiger partial charge in [-0.05, 0) is 38.3 Å². The lowest BCUT2D eigenvalue weighted by Gasteiger charge is -2.52. The zero-order valence-electron chi connectivity index (χ0n) is 15.9. The molecule has 3 rings (SSSR count). The lowest BCUT2D eigenvalue weighted by molar-refractivity contribution is -0.209. The van der Waals surface area contributed by atoms with Crippen LogP contribution in [0.15, 0.2) is 18.3 Å². The Hall–Kier alpha value is -1.37. The molecule has 2 atom stereocenters. The summed E-state index contributed by atoms with van der Waals surface area (Å²) < 4.78 is 8.33. The fourth-order valence-corrected chi connectivity index (χ4v) is 4.16. The van der Waals surface area contributed by atoms with Gasteiger partial charge in [-0.2, -0.15) is 0 Å². The number of hydrogen-bond acceptors (Lipinski definition) is 4. The average molecular weight is 349 g/mol. The molecule has 1 amide bonds. The van der Waals surface area contributed by atoms with Gasteiger partial charge < -0.3 is 19.3 Å². The molecule has 0 radical (unpaired) electrons. The Kier molecular flexibility index (Phi) is 4.97. The van der Waals surface area contributed by atoms with E-state index in [2.05, 4.69) is 34.8 Å². The molecule has 0 unspecified atom stereocenters. The van der Waals surface area contributed by atoms with Gasteiger partial charge >= 0.3 is 0 Å². The Morgan fingerprint density at radius 1 is 1.44 bits per heavy atom. The van der Waals surface area contributed by atoms with Crippen LogP contribution in [0.25, 0.3) is 0 Å². The van der Waals surface area contributed by atoms with Crippen LogP contribution in [0.4, 0.5) is 0 Å². The number of aromatic nitrogens is 1. The summed E-state index contributed by atoms with van der Waals surface area (Å²) in [7, 11) is 3.86. The van der Waals surface area contributed by atoms with Crippen LogP contribution in [-0.4, -0.2) is 69.4 Å². The fourth-order valence-electron chi connectivity index (χ4n) is 4.16. The first-order chi connectivity index (χ1) is 11.7. The second-order valence-electron chi connectivity index (χ2n) is 8.07. The summed E-state index contributed by atoms with van der Waals surface area (Å²) in [6.07, 6.45) is 4.66. The monoisotopic (exact) mass is 349 g/mol. The SMILES string of the molecule is CC(=O)N(C)[C@H]1CC2(CCN(Cc3cccn3C)CC2)OC[C@]1(C)O. The number of likely N-dealkylation sites (N-methyl/N-ethyl adjacent to an activating group) is 1. The molecule has 1 aromatic rings. The minimum Gasteiger partial charge on any atom is -0.386 e. The number of carbonyl (C=O) groups excluding carboxylic acids is 1. The molecule has 2 fully saturated rings. The van der Waals surface area contributed by atoms with Crippen LogP contribution in [0, 0.1) is 0 Å². The van der Waals surface area contributed by atoms with Crippen molar-refractivity contribution in [1.82, 2.24) is 14.4 Å². The van der Waals surface area contributed by atoms with Crippen molar-refractivity contribution in [3.05, 3.63) is 24.0 Å². The van der Waals surface area contributed by atoms with E-state index in [1.54, 1.807) is 25.8 Å². The van der Waals surface area contributed by atoms with Crippen LogP contribution in [0.1, 0.15) is 38.8 Å². The summed E-state index contributed by atoms with van der Waals surface area (Å²) in [5.41, 5.74) is 0.102. The molecule has 2 aliphatic heterocycles. The van der Waals surface area contributed by atoms with E-state index in [0.29, 0.717) is 6.42 Å². The molecule has 25 heavy (non-hydrogen) atoms. The zero-order chi connectivity index (χ0) is 18.2. The molecule has 3 heterocycles. The van der Waals surface area contributed by atoms with E-state index in [1.807, 2.05) is 0 Å². The summed E-state index contributed by atoms with van der Waals surface area (Å²) in [5, 5.41) is 10.7. The molecule has 1 N–H and O–H groups in total. The van der Waals surface area contributed by atoms with Crippen LogP contribution < -0.4 is 0 Å². The second-order valence-corrected chi connectivity index (χ2v) is 8.07. The van der Waals surface area contributed by atoms with Crippen LogP contribution in [-0.2, 0) is 23.1 Å². The van der Waals surface area contributed by atoms with Gasteiger partial charge in [0.05, 0.1) is 18.2 Å². The molecule has 2 aliphatic rings. The van der Waals surface area contributed by atoms with Crippen LogP contribution >= 0.6 is 0 Å². The summed E-state index contributed by atoms with van der Waals surface area (Å²) >= 11 is 0. The van der Waals surface area contributed by atoms with Crippen LogP contribution in [0.5, 0.6) is 0 Å². The predicted octanol–water partition coefficient (Wildman–Crippen LogP) is 1.38. The van der Waals surface area contributed by atoms with Gasteiger partial charge in [0.15, 0.2) is 0 Å². The number of likely N-dealkylation sites (tertiary alicyclic amines) is 1. The van der Waals surface area contributed by atoms with Gasteiger partial charge in [0.1, 0.15) is 5.60 Å². The highest BCUT2D eigenvalue weighted by molar-refractivity contribution is 5.73. The number of aliphatic hydroxyl groups is 1. The molecule has 1 aromatic heterocycles. The quantitative estimate of drug-likeness (QED) is 0.896. The largest absolute Gasteiger partial charge is 0.386 e. The smallest absolute Gasteiger partial charge is 0.219 e. The van der Waals surface area contributed by atoms with Crippen molar-refractivity contribution in [2.45, 2.75) is 56.9 Å². The van der Waals surface area contributed by atoms with Gasteiger partial charge in [0, 0.05) is 52.5 Å². The maximum absolute atomic E-state index is 11.8. The van der Waals surface area contributed by atoms with Crippen molar-refractivity contribution in [1.29, 1.82) is 0 Å². The molecule has 0 aromatic carbocycles. The van der Waals surface area contributed by atoms with Crippen molar-refractivity contribution < 1.29 is 14.6 Å². The minimum absolute atomic E-state index is 0.0107. The van der Waals surface area contributed by atoms with Crippen molar-refractivity contribution in [3.63, 3.8) is 0 Å². The first-order valence-corrected chi connectivity index (χ1v) is 9.15. The third-order valence-corrected chi connectivity index (χ3v) is 6.12. The van der Waals surface area contributed by atoms with E-state index in [1.165, 1.54) is 5.69 Å². The summed E-state index contributed by atoms with van der Waals surface area (Å²) in [4.78, 5) is 16.0. The molecule has 0 bridgehead atoms. The molecule has 140 valence electrons. The van der Waals surface area contributed by atoms with E-state index in [4.69, 9.17) is 4.74 Å². The lowest BCUT2D eigenvalue weighted by atomic mass is 9.77. The lowest BCUT2D eigenvalue weighted by Crippen LogP contribution is -2.63. The van der Waals surface area contributed by atoms with Gasteiger partial charge in [-0.1, -0.05) is 0 Å². The number of hydrogen-bond donors (Lipinski definition) is 1. The Bertz CT molecular complexity index is 617. The third kappa shape index (κ3) is 3.76. The number of amides is 1. The number of carbonyl (C=O) groups is 1. The minimum atomic E-state index is -0.994. The topological polar surface area (TPSA) is 57.9 Å². The normalized spacial score (nSPS) is 29.7. The van der Waals surface area contributed by atoms with E-state index in [9.17, 15) is 9.90 Å². The van der Waals surface area contributed by atoms with Gasteiger partial charge in [-0.3, -0.25) is 9.69 Å². The van der Waals surface area contributed by atoms with Crippen molar-refractivity contribution >= 4 is 5.91 Å². The Morgan fingerprint density at radius 2 is 2.12 bits per heavy atom. The molecule has 6 heteroatoms. The maximum Gasteiger partial charge on any atom is 0.219 e. The van der Waals surface area contributed by atoms with Gasteiger partial charge in [-0.15, -0.1) is 0 Å². The van der Waals surface area contributed by atoms with E-state index in [-0.39, 0.29) is 24.2 Å². The summed E-state index contributed by atoms with van der Waals surface area (Å²) in [5.74, 6) is -0.0107. The predicted molar refractivity (Wildman–Crippen MR) is 96.1 cm³/mol. The Balaban J connectivity index is 1.64. The standard InChI is InChI=1S/C19H31N3O3/c1-15(23)21(4)17-12-19(25-14-18(17,2)24)7-10-22(11-8-19)13-16-6-5-9-20(16)3/h5-6,9,17,24H,7-8,10-14H2,1-4H3/t17-,18-/m0/s1. The van der Waals surface area contributed by atoms with Crippen LogP contribution in [0.3, 0.4) is 0 Å². The van der Waals surface area contributed by atoms with Crippen LogP contribution in [0.2, 0.25) is 0 Å². The number of aryl methyl sites for hydroxylation is 1. The highest BCUT2D eigenvalue weighted by Crippen LogP contribution is 2.40. The molecule has 0 saturated carbocycles. The Morgan fingerprint density at radius 3 is 2.68 bits per heavy atom. The van der Waals surface area contributed by atoms with Crippen molar-refractivity contribution in [2.24, 2.45) is 7.05 Å². The molecule has 6 nitrogen and oxygen atoms in total. The number of piperidine rings is 1. The molecular formula is C19H31N3O3. The molecule has 1 spiro atoms. The number of nitrogens with zero attached hydrogens (tertiary/aromatic N) is 3. The first kappa shape index (κ1) is 18.4. The van der Waals surface area contributed by atoms with E-state index < -0.39 is 5.60 Å². The summed E-state index contributed by atoms with van der Waals surface area (Å²) in [6.45, 7) is 6.52. The average Bonchev–Trinajstić information content (AvgIpc) is 2.96. The van der Waals surface area contributed by atoms with Gasteiger partial charge in [0.2, 0.25) is 5.91 Å². The fraction of sp³-hybridized carbons (Fsp3) is 0.737. The van der Waals surface area contributed by atoms with Crippen molar-refractivity contribution in [3.8, 4) is 0 Å². The van der Waals surface area contributed by atoms with E-state index in [0.717, 1.165) is 32.5 Å². The number of rotatable bonds is 3.